The summed E-state index contributed by atoms with van der Waals surface area (Å²) in [6.45, 7) is 2.31. The third-order valence-electron chi connectivity index (χ3n) is 4.50. The van der Waals surface area contributed by atoms with E-state index < -0.39 is 0 Å². The van der Waals surface area contributed by atoms with E-state index in [1.807, 2.05) is 0 Å². The zero-order valence-corrected chi connectivity index (χ0v) is 13.0. The fourth-order valence-corrected chi connectivity index (χ4v) is 3.25. The van der Waals surface area contributed by atoms with Gasteiger partial charge in [0.25, 0.3) is 0 Å². The van der Waals surface area contributed by atoms with E-state index >= 15 is 0 Å². The number of ether oxygens (including phenoxy) is 3. The van der Waals surface area contributed by atoms with Crippen LogP contribution < -0.4 is 10.1 Å². The first-order chi connectivity index (χ1) is 10.7. The molecular formula is C17H23NO4. The minimum absolute atomic E-state index is 0.0158. The van der Waals surface area contributed by atoms with Gasteiger partial charge in [0.15, 0.2) is 0 Å². The zero-order chi connectivity index (χ0) is 15.4. The van der Waals surface area contributed by atoms with Crippen molar-refractivity contribution in [2.45, 2.75) is 37.4 Å². The van der Waals surface area contributed by atoms with Crippen molar-refractivity contribution < 1.29 is 19.0 Å². The molecule has 22 heavy (non-hydrogen) atoms. The molecule has 2 heterocycles. The molecule has 0 radical (unpaired) electrons. The maximum absolute atomic E-state index is 12.0. The lowest BCUT2D eigenvalue weighted by Gasteiger charge is -2.33. The van der Waals surface area contributed by atoms with Gasteiger partial charge in [-0.2, -0.15) is 0 Å². The molecule has 3 rings (SSSR count). The summed E-state index contributed by atoms with van der Waals surface area (Å²) in [4.78, 5) is 12.0. The van der Waals surface area contributed by atoms with Gasteiger partial charge in [0.05, 0.1) is 24.4 Å². The van der Waals surface area contributed by atoms with Gasteiger partial charge in [-0.15, -0.1) is 0 Å². The quantitative estimate of drug-likeness (QED) is 0.864. The predicted molar refractivity (Wildman–Crippen MR) is 82.2 cm³/mol. The van der Waals surface area contributed by atoms with Crippen LogP contribution in [0.5, 0.6) is 5.75 Å². The summed E-state index contributed by atoms with van der Waals surface area (Å²) in [5, 5.41) is 3.39. The number of carbonyl (C=O) groups is 1. The molecule has 2 aliphatic rings. The van der Waals surface area contributed by atoms with E-state index in [4.69, 9.17) is 14.2 Å². The summed E-state index contributed by atoms with van der Waals surface area (Å²) in [5.41, 5.74) is 0.503. The first-order valence-electron chi connectivity index (χ1n) is 7.90. The Morgan fingerprint density at radius 1 is 1.36 bits per heavy atom. The molecule has 2 saturated heterocycles. The summed E-state index contributed by atoms with van der Waals surface area (Å²) in [5.74, 6) is 0.413. The van der Waals surface area contributed by atoms with Crippen molar-refractivity contribution in [3.8, 4) is 5.75 Å². The summed E-state index contributed by atoms with van der Waals surface area (Å²) in [7, 11) is 1.60. The molecule has 0 bridgehead atoms. The highest BCUT2D eigenvalue weighted by atomic mass is 16.6. The van der Waals surface area contributed by atoms with Gasteiger partial charge in [0.1, 0.15) is 12.4 Å². The van der Waals surface area contributed by atoms with Crippen molar-refractivity contribution in [2.75, 3.05) is 26.8 Å². The van der Waals surface area contributed by atoms with Crippen LogP contribution in [0.15, 0.2) is 24.3 Å². The van der Waals surface area contributed by atoms with Gasteiger partial charge in [-0.3, -0.25) is 0 Å². The summed E-state index contributed by atoms with van der Waals surface area (Å²) in [6.07, 6.45) is 4.27. The Hall–Kier alpha value is -1.59. The molecule has 2 fully saturated rings. The van der Waals surface area contributed by atoms with Crippen LogP contribution in [0.1, 0.15) is 36.0 Å². The summed E-state index contributed by atoms with van der Waals surface area (Å²) < 4.78 is 16.6. The zero-order valence-electron chi connectivity index (χ0n) is 13.0. The van der Waals surface area contributed by atoms with E-state index in [-0.39, 0.29) is 17.7 Å². The molecular weight excluding hydrogens is 282 g/mol. The van der Waals surface area contributed by atoms with E-state index in [1.165, 1.54) is 0 Å². The van der Waals surface area contributed by atoms with E-state index in [0.29, 0.717) is 12.2 Å². The van der Waals surface area contributed by atoms with Gasteiger partial charge >= 0.3 is 5.97 Å². The van der Waals surface area contributed by atoms with Crippen LogP contribution in [-0.2, 0) is 9.47 Å². The third-order valence-corrected chi connectivity index (χ3v) is 4.50. The molecule has 1 aromatic rings. The van der Waals surface area contributed by atoms with Gasteiger partial charge in [0.2, 0.25) is 0 Å². The van der Waals surface area contributed by atoms with Crippen molar-refractivity contribution in [3.05, 3.63) is 29.8 Å². The molecule has 5 nitrogen and oxygen atoms in total. The lowest BCUT2D eigenvalue weighted by molar-refractivity contribution is -0.0736. The monoisotopic (exact) mass is 305 g/mol. The number of esters is 1. The molecule has 2 aliphatic heterocycles. The molecule has 0 aromatic heterocycles. The summed E-state index contributed by atoms with van der Waals surface area (Å²) >= 11 is 0. The highest BCUT2D eigenvalue weighted by Crippen LogP contribution is 2.35. The van der Waals surface area contributed by atoms with Crippen LogP contribution in [0.25, 0.3) is 0 Å². The van der Waals surface area contributed by atoms with Gasteiger partial charge in [-0.1, -0.05) is 0 Å². The minimum Gasteiger partial charge on any atom is -0.497 e. The van der Waals surface area contributed by atoms with E-state index in [1.54, 1.807) is 31.4 Å². The van der Waals surface area contributed by atoms with Gasteiger partial charge < -0.3 is 19.5 Å². The van der Waals surface area contributed by atoms with Crippen molar-refractivity contribution in [2.24, 2.45) is 0 Å². The number of benzene rings is 1. The Morgan fingerprint density at radius 3 is 2.86 bits per heavy atom. The third kappa shape index (κ3) is 3.42. The normalized spacial score (nSPS) is 27.8. The fourth-order valence-electron chi connectivity index (χ4n) is 3.25. The second-order valence-corrected chi connectivity index (χ2v) is 6.07. The SMILES string of the molecule is COc1ccc(C(=O)OC[C@@H]2CC[C@]3(CCCNC3)O2)cc1. The predicted octanol–water partition coefficient (Wildman–Crippen LogP) is 2.15. The highest BCUT2D eigenvalue weighted by Gasteiger charge is 2.41. The summed E-state index contributed by atoms with van der Waals surface area (Å²) in [6, 6.07) is 6.93. The molecule has 0 aliphatic carbocycles. The molecule has 1 spiro atoms. The molecule has 2 atom stereocenters. The molecule has 0 saturated carbocycles. The second kappa shape index (κ2) is 6.67. The second-order valence-electron chi connectivity index (χ2n) is 6.07. The topological polar surface area (TPSA) is 56.8 Å². The Kier molecular flexibility index (Phi) is 4.64. The maximum Gasteiger partial charge on any atom is 0.338 e. The van der Waals surface area contributed by atoms with Crippen molar-refractivity contribution in [1.82, 2.24) is 5.32 Å². The molecule has 1 N–H and O–H groups in total. The number of hydrogen-bond acceptors (Lipinski definition) is 5. The van der Waals surface area contributed by atoms with Crippen LogP contribution in [0.4, 0.5) is 0 Å². The number of methoxy groups -OCH3 is 1. The van der Waals surface area contributed by atoms with Crippen molar-refractivity contribution >= 4 is 5.97 Å². The average molecular weight is 305 g/mol. The maximum atomic E-state index is 12.0. The fraction of sp³-hybridized carbons (Fsp3) is 0.588. The number of carbonyl (C=O) groups excluding carboxylic acids is 1. The van der Waals surface area contributed by atoms with Crippen LogP contribution in [0.2, 0.25) is 0 Å². The molecule has 0 unspecified atom stereocenters. The highest BCUT2D eigenvalue weighted by molar-refractivity contribution is 5.89. The number of piperidine rings is 1. The van der Waals surface area contributed by atoms with Gasteiger partial charge in [-0.05, 0) is 56.5 Å². The Morgan fingerprint density at radius 2 is 2.18 bits per heavy atom. The lowest BCUT2D eigenvalue weighted by atomic mass is 9.91. The first-order valence-corrected chi connectivity index (χ1v) is 7.90. The van der Waals surface area contributed by atoms with E-state index in [2.05, 4.69) is 5.32 Å². The van der Waals surface area contributed by atoms with Crippen LogP contribution in [0.3, 0.4) is 0 Å². The van der Waals surface area contributed by atoms with Gasteiger partial charge in [0, 0.05) is 6.54 Å². The molecule has 0 amide bonds. The smallest absolute Gasteiger partial charge is 0.338 e. The number of nitrogens with one attached hydrogen (secondary N) is 1. The van der Waals surface area contributed by atoms with Crippen LogP contribution in [-0.4, -0.2) is 44.5 Å². The lowest BCUT2D eigenvalue weighted by Crippen LogP contribution is -2.45. The largest absolute Gasteiger partial charge is 0.497 e. The van der Waals surface area contributed by atoms with Crippen molar-refractivity contribution in [3.63, 3.8) is 0 Å². The van der Waals surface area contributed by atoms with Crippen LogP contribution in [0, 0.1) is 0 Å². The number of hydrogen-bond donors (Lipinski definition) is 1. The van der Waals surface area contributed by atoms with E-state index in [9.17, 15) is 4.79 Å². The average Bonchev–Trinajstić information content (AvgIpc) is 2.96. The minimum atomic E-state index is -0.311. The van der Waals surface area contributed by atoms with Gasteiger partial charge in [-0.25, -0.2) is 4.79 Å². The standard InChI is InChI=1S/C17H23NO4/c1-20-14-5-3-13(4-6-14)16(19)21-11-15-7-9-17(22-15)8-2-10-18-12-17/h3-6,15,18H,2,7-12H2,1H3/t15-,17-/m0/s1. The van der Waals surface area contributed by atoms with E-state index in [0.717, 1.165) is 44.5 Å². The number of rotatable bonds is 4. The Balaban J connectivity index is 1.49. The van der Waals surface area contributed by atoms with Crippen LogP contribution >= 0.6 is 0 Å². The molecule has 1 aromatic carbocycles. The van der Waals surface area contributed by atoms with Crippen molar-refractivity contribution in [1.29, 1.82) is 0 Å². The Bertz CT molecular complexity index is 508. The molecule has 120 valence electrons. The first kappa shape index (κ1) is 15.3. The molecule has 5 heteroatoms. The Labute approximate surface area is 130 Å².